The third-order valence-corrected chi connectivity index (χ3v) is 4.10. The van der Waals surface area contributed by atoms with Crippen LogP contribution in [0.2, 0.25) is 0 Å². The van der Waals surface area contributed by atoms with Crippen LogP contribution < -0.4 is 5.73 Å². The van der Waals surface area contributed by atoms with Gasteiger partial charge in [0, 0.05) is 12.1 Å². The second-order valence-corrected chi connectivity index (χ2v) is 4.74. The van der Waals surface area contributed by atoms with Crippen molar-refractivity contribution in [3.8, 4) is 0 Å². The van der Waals surface area contributed by atoms with E-state index in [0.717, 1.165) is 24.5 Å². The molecular formula is C11H22N2. The molecule has 2 atom stereocenters. The summed E-state index contributed by atoms with van der Waals surface area (Å²) in [4.78, 5) is 2.62. The first-order chi connectivity index (χ1) is 6.33. The highest BCUT2D eigenvalue weighted by molar-refractivity contribution is 4.91. The average molecular weight is 182 g/mol. The molecule has 0 saturated heterocycles. The normalized spacial score (nSPS) is 35.3. The van der Waals surface area contributed by atoms with Gasteiger partial charge in [-0.25, -0.2) is 0 Å². The van der Waals surface area contributed by atoms with Gasteiger partial charge in [0.2, 0.25) is 0 Å². The zero-order chi connectivity index (χ0) is 9.26. The molecule has 13 heavy (non-hydrogen) atoms. The van der Waals surface area contributed by atoms with Crippen molar-refractivity contribution in [2.45, 2.75) is 50.6 Å². The lowest BCUT2D eigenvalue weighted by molar-refractivity contribution is 0.0561. The van der Waals surface area contributed by atoms with Crippen molar-refractivity contribution in [3.05, 3.63) is 0 Å². The molecule has 2 N–H and O–H groups in total. The van der Waals surface area contributed by atoms with Crippen LogP contribution in [0.5, 0.6) is 0 Å². The molecule has 2 nitrogen and oxygen atoms in total. The van der Waals surface area contributed by atoms with Crippen molar-refractivity contribution in [1.29, 1.82) is 0 Å². The van der Waals surface area contributed by atoms with Gasteiger partial charge in [-0.2, -0.15) is 0 Å². The smallest absolute Gasteiger partial charge is 0.0136 e. The second kappa shape index (κ2) is 3.97. The van der Waals surface area contributed by atoms with Crippen molar-refractivity contribution in [3.63, 3.8) is 0 Å². The minimum absolute atomic E-state index is 0.797. The molecule has 2 aliphatic carbocycles. The van der Waals surface area contributed by atoms with E-state index in [9.17, 15) is 0 Å². The van der Waals surface area contributed by atoms with E-state index in [1.54, 1.807) is 0 Å². The maximum absolute atomic E-state index is 5.73. The quantitative estimate of drug-likeness (QED) is 0.718. The van der Waals surface area contributed by atoms with Crippen LogP contribution in [0.1, 0.15) is 38.5 Å². The molecule has 0 heterocycles. The zero-order valence-corrected chi connectivity index (χ0v) is 8.71. The fourth-order valence-electron chi connectivity index (χ4n) is 2.94. The molecule has 0 aliphatic heterocycles. The Labute approximate surface area is 81.5 Å². The highest BCUT2D eigenvalue weighted by atomic mass is 15.2. The third kappa shape index (κ3) is 1.75. The summed E-state index contributed by atoms with van der Waals surface area (Å²) in [7, 11) is 2.31. The van der Waals surface area contributed by atoms with E-state index in [1.165, 1.54) is 38.5 Å². The lowest BCUT2D eigenvalue weighted by Gasteiger charge is -2.45. The number of hydrogen-bond donors (Lipinski definition) is 1. The van der Waals surface area contributed by atoms with E-state index in [1.807, 2.05) is 0 Å². The van der Waals surface area contributed by atoms with Gasteiger partial charge < -0.3 is 10.6 Å². The van der Waals surface area contributed by atoms with Gasteiger partial charge in [0.15, 0.2) is 0 Å². The number of hydrogen-bond acceptors (Lipinski definition) is 2. The van der Waals surface area contributed by atoms with Crippen molar-refractivity contribution in [2.24, 2.45) is 11.7 Å². The summed E-state index contributed by atoms with van der Waals surface area (Å²) in [5.41, 5.74) is 5.73. The van der Waals surface area contributed by atoms with Gasteiger partial charge in [-0.15, -0.1) is 0 Å². The van der Waals surface area contributed by atoms with Gasteiger partial charge in [0.1, 0.15) is 0 Å². The molecule has 2 fully saturated rings. The van der Waals surface area contributed by atoms with Crippen molar-refractivity contribution in [1.82, 2.24) is 4.90 Å². The SMILES string of the molecule is CN(C1CCCC1)C1CCC1CN. The lowest BCUT2D eigenvalue weighted by Crippen LogP contribution is -2.51. The standard InChI is InChI=1S/C11H22N2/c1-13(10-4-2-3-5-10)11-7-6-9(11)8-12/h9-11H,2-8,12H2,1H3. The summed E-state index contributed by atoms with van der Waals surface area (Å²) >= 11 is 0. The van der Waals surface area contributed by atoms with Gasteiger partial charge in [-0.3, -0.25) is 0 Å². The van der Waals surface area contributed by atoms with Crippen molar-refractivity contribution < 1.29 is 0 Å². The summed E-state index contributed by atoms with van der Waals surface area (Å²) in [5.74, 6) is 0.797. The number of nitrogens with two attached hydrogens (primary N) is 1. The second-order valence-electron chi connectivity index (χ2n) is 4.74. The van der Waals surface area contributed by atoms with E-state index in [-0.39, 0.29) is 0 Å². The molecule has 0 radical (unpaired) electrons. The van der Waals surface area contributed by atoms with E-state index in [2.05, 4.69) is 11.9 Å². The molecule has 0 spiro atoms. The van der Waals surface area contributed by atoms with Crippen LogP contribution in [0.4, 0.5) is 0 Å². The van der Waals surface area contributed by atoms with Gasteiger partial charge in [0.05, 0.1) is 0 Å². The molecule has 0 aromatic carbocycles. The Morgan fingerprint density at radius 2 is 1.85 bits per heavy atom. The molecule has 2 saturated carbocycles. The summed E-state index contributed by atoms with van der Waals surface area (Å²) in [6, 6.07) is 1.69. The molecule has 0 bridgehead atoms. The van der Waals surface area contributed by atoms with Gasteiger partial charge in [0.25, 0.3) is 0 Å². The molecule has 76 valence electrons. The molecule has 0 aromatic heterocycles. The zero-order valence-electron chi connectivity index (χ0n) is 8.71. The Balaban J connectivity index is 1.85. The monoisotopic (exact) mass is 182 g/mol. The molecule has 2 aliphatic rings. The van der Waals surface area contributed by atoms with Gasteiger partial charge in [-0.05, 0) is 45.2 Å². The largest absolute Gasteiger partial charge is 0.330 e. The van der Waals surface area contributed by atoms with E-state index >= 15 is 0 Å². The van der Waals surface area contributed by atoms with Crippen LogP contribution in [-0.4, -0.2) is 30.6 Å². The molecular weight excluding hydrogens is 160 g/mol. The van der Waals surface area contributed by atoms with Crippen LogP contribution in [0, 0.1) is 5.92 Å². The van der Waals surface area contributed by atoms with Crippen LogP contribution in [0.15, 0.2) is 0 Å². The predicted octanol–water partition coefficient (Wildman–Crippen LogP) is 1.60. The summed E-state index contributed by atoms with van der Waals surface area (Å²) in [5, 5.41) is 0. The molecule has 2 unspecified atom stereocenters. The van der Waals surface area contributed by atoms with E-state index in [4.69, 9.17) is 5.73 Å². The molecule has 2 rings (SSSR count). The van der Waals surface area contributed by atoms with Crippen LogP contribution in [-0.2, 0) is 0 Å². The van der Waals surface area contributed by atoms with E-state index < -0.39 is 0 Å². The highest BCUT2D eigenvalue weighted by Gasteiger charge is 2.36. The summed E-state index contributed by atoms with van der Waals surface area (Å²) in [6.07, 6.45) is 8.46. The Hall–Kier alpha value is -0.0800. The van der Waals surface area contributed by atoms with Gasteiger partial charge >= 0.3 is 0 Å². The molecule has 0 aromatic rings. The minimum atomic E-state index is 0.797. The molecule has 0 amide bonds. The Morgan fingerprint density at radius 1 is 1.15 bits per heavy atom. The lowest BCUT2D eigenvalue weighted by atomic mass is 9.78. The van der Waals surface area contributed by atoms with Crippen molar-refractivity contribution >= 4 is 0 Å². The first-order valence-corrected chi connectivity index (χ1v) is 5.75. The average Bonchev–Trinajstić information content (AvgIpc) is 2.54. The third-order valence-electron chi connectivity index (χ3n) is 4.10. The van der Waals surface area contributed by atoms with E-state index in [0.29, 0.717) is 0 Å². The van der Waals surface area contributed by atoms with Crippen LogP contribution in [0.25, 0.3) is 0 Å². The predicted molar refractivity (Wildman–Crippen MR) is 55.6 cm³/mol. The van der Waals surface area contributed by atoms with Crippen molar-refractivity contribution in [2.75, 3.05) is 13.6 Å². The topological polar surface area (TPSA) is 29.3 Å². The Morgan fingerprint density at radius 3 is 2.31 bits per heavy atom. The highest BCUT2D eigenvalue weighted by Crippen LogP contribution is 2.34. The Bertz CT molecular complexity index is 161. The number of rotatable bonds is 3. The first kappa shape index (κ1) is 9.47. The summed E-state index contributed by atoms with van der Waals surface area (Å²) < 4.78 is 0. The summed E-state index contributed by atoms with van der Waals surface area (Å²) in [6.45, 7) is 0.891. The fraction of sp³-hybridized carbons (Fsp3) is 1.00. The van der Waals surface area contributed by atoms with Crippen LogP contribution >= 0.6 is 0 Å². The maximum atomic E-state index is 5.73. The fourth-order valence-corrected chi connectivity index (χ4v) is 2.94. The molecule has 2 heteroatoms. The first-order valence-electron chi connectivity index (χ1n) is 5.75. The minimum Gasteiger partial charge on any atom is -0.330 e. The Kier molecular flexibility index (Phi) is 2.89. The maximum Gasteiger partial charge on any atom is 0.0136 e. The number of nitrogens with zero attached hydrogens (tertiary/aromatic N) is 1. The van der Waals surface area contributed by atoms with Crippen LogP contribution in [0.3, 0.4) is 0 Å². The van der Waals surface area contributed by atoms with Gasteiger partial charge in [-0.1, -0.05) is 12.8 Å².